The number of fused-ring (bicyclic) bond motifs is 1. The molecule has 0 aliphatic rings. The molecule has 1 aromatic carbocycles. The molecule has 4 heteroatoms. The predicted octanol–water partition coefficient (Wildman–Crippen LogP) is 2.37. The fraction of sp³-hybridized carbons (Fsp3) is 0.286. The van der Waals surface area contributed by atoms with Crippen LogP contribution in [0.3, 0.4) is 0 Å². The van der Waals surface area contributed by atoms with Crippen molar-refractivity contribution in [2.75, 3.05) is 0 Å². The number of carboxylic acid groups (broad SMARTS) is 1. The molecule has 18 heavy (non-hydrogen) atoms. The Kier molecular flexibility index (Phi) is 3.46. The van der Waals surface area contributed by atoms with Crippen molar-refractivity contribution in [3.63, 3.8) is 0 Å². The van der Waals surface area contributed by atoms with Gasteiger partial charge in [-0.25, -0.2) is 0 Å². The van der Waals surface area contributed by atoms with Crippen molar-refractivity contribution in [1.82, 2.24) is 0 Å². The lowest BCUT2D eigenvalue weighted by molar-refractivity contribution is -0.137. The second kappa shape index (κ2) is 5.04. The number of aliphatic carboxylic acids is 1. The van der Waals surface area contributed by atoms with E-state index in [0.29, 0.717) is 16.7 Å². The van der Waals surface area contributed by atoms with Crippen LogP contribution >= 0.6 is 0 Å². The molecule has 0 amide bonds. The quantitative estimate of drug-likeness (QED) is 0.899. The molecule has 0 unspecified atom stereocenters. The third kappa shape index (κ3) is 2.59. The summed E-state index contributed by atoms with van der Waals surface area (Å²) in [5.41, 5.74) is 1.47. The lowest BCUT2D eigenvalue weighted by atomic mass is 10.1. The van der Waals surface area contributed by atoms with Crippen LogP contribution in [-0.2, 0) is 17.6 Å². The Balaban J connectivity index is 2.43. The van der Waals surface area contributed by atoms with Crippen LogP contribution in [0, 0.1) is 0 Å². The molecule has 4 nitrogen and oxygen atoms in total. The smallest absolute Gasteiger partial charge is 0.303 e. The molecule has 0 fully saturated rings. The largest absolute Gasteiger partial charge is 0.481 e. The van der Waals surface area contributed by atoms with Crippen LogP contribution in [-0.4, -0.2) is 11.1 Å². The highest BCUT2D eigenvalue weighted by atomic mass is 16.4. The number of rotatable bonds is 4. The van der Waals surface area contributed by atoms with Gasteiger partial charge in [0, 0.05) is 12.5 Å². The minimum Gasteiger partial charge on any atom is -0.481 e. The maximum atomic E-state index is 11.9. The summed E-state index contributed by atoms with van der Waals surface area (Å²) >= 11 is 0. The van der Waals surface area contributed by atoms with Crippen LogP contribution in [0.2, 0.25) is 0 Å². The highest BCUT2D eigenvalue weighted by Crippen LogP contribution is 2.15. The van der Waals surface area contributed by atoms with Crippen molar-refractivity contribution in [2.45, 2.75) is 26.2 Å². The van der Waals surface area contributed by atoms with E-state index in [9.17, 15) is 9.59 Å². The minimum absolute atomic E-state index is 0.0402. The van der Waals surface area contributed by atoms with Crippen LogP contribution < -0.4 is 5.43 Å². The summed E-state index contributed by atoms with van der Waals surface area (Å²) in [6.07, 6.45) is 1.05. The first kappa shape index (κ1) is 12.4. The van der Waals surface area contributed by atoms with Gasteiger partial charge in [0.05, 0.1) is 11.8 Å². The molecule has 1 aromatic heterocycles. The first-order valence-corrected chi connectivity index (χ1v) is 5.87. The van der Waals surface area contributed by atoms with Crippen molar-refractivity contribution in [3.8, 4) is 0 Å². The van der Waals surface area contributed by atoms with Crippen LogP contribution in [0.5, 0.6) is 0 Å². The molecule has 1 heterocycles. The Hall–Kier alpha value is -2.10. The molecule has 2 rings (SSSR count). The van der Waals surface area contributed by atoms with Gasteiger partial charge in [-0.3, -0.25) is 9.59 Å². The molecule has 0 saturated heterocycles. The maximum absolute atomic E-state index is 11.9. The lowest BCUT2D eigenvalue weighted by Crippen LogP contribution is -2.04. The molecule has 0 radical (unpaired) electrons. The summed E-state index contributed by atoms with van der Waals surface area (Å²) in [7, 11) is 0. The minimum atomic E-state index is -0.904. The number of hydrogen-bond acceptors (Lipinski definition) is 3. The molecule has 0 spiro atoms. The number of hydrogen-bond donors (Lipinski definition) is 1. The molecule has 0 atom stereocenters. The second-order valence-corrected chi connectivity index (χ2v) is 4.15. The van der Waals surface area contributed by atoms with Gasteiger partial charge in [0.1, 0.15) is 11.3 Å². The molecule has 0 aliphatic carbocycles. The van der Waals surface area contributed by atoms with E-state index in [-0.39, 0.29) is 18.3 Å². The molecule has 0 aliphatic heterocycles. The van der Waals surface area contributed by atoms with E-state index in [1.807, 2.05) is 19.1 Å². The van der Waals surface area contributed by atoms with E-state index < -0.39 is 5.97 Å². The fourth-order valence-corrected chi connectivity index (χ4v) is 1.83. The first-order chi connectivity index (χ1) is 8.60. The molecule has 0 bridgehead atoms. The van der Waals surface area contributed by atoms with Gasteiger partial charge in [0.25, 0.3) is 0 Å². The van der Waals surface area contributed by atoms with Crippen molar-refractivity contribution in [1.29, 1.82) is 0 Å². The number of carbonyl (C=O) groups is 1. The number of aryl methyl sites for hydroxylation is 2. The normalized spacial score (nSPS) is 10.7. The van der Waals surface area contributed by atoms with Crippen molar-refractivity contribution < 1.29 is 14.3 Å². The lowest BCUT2D eigenvalue weighted by Gasteiger charge is -2.03. The number of carboxylic acids is 1. The molecule has 0 saturated carbocycles. The standard InChI is InChI=1S/C14H14O4/c1-2-9-3-5-13-11(7-9)12(15)8-10(18-13)4-6-14(16)17/h3,5,7-8H,2,4,6H2,1H3,(H,16,17). The summed E-state index contributed by atoms with van der Waals surface area (Å²) in [4.78, 5) is 22.4. The average Bonchev–Trinajstić information content (AvgIpc) is 2.36. The van der Waals surface area contributed by atoms with E-state index in [1.165, 1.54) is 6.07 Å². The van der Waals surface area contributed by atoms with E-state index >= 15 is 0 Å². The summed E-state index contributed by atoms with van der Waals surface area (Å²) in [6.45, 7) is 2.02. The van der Waals surface area contributed by atoms with Gasteiger partial charge < -0.3 is 9.52 Å². The van der Waals surface area contributed by atoms with Crippen molar-refractivity contribution >= 4 is 16.9 Å². The third-order valence-electron chi connectivity index (χ3n) is 2.84. The molecular formula is C14H14O4. The second-order valence-electron chi connectivity index (χ2n) is 4.15. The summed E-state index contributed by atoms with van der Waals surface area (Å²) in [5.74, 6) is -0.488. The molecule has 94 valence electrons. The van der Waals surface area contributed by atoms with Crippen LogP contribution in [0.1, 0.15) is 24.7 Å². The summed E-state index contributed by atoms with van der Waals surface area (Å²) in [5, 5.41) is 9.16. The van der Waals surface area contributed by atoms with Gasteiger partial charge in [0.2, 0.25) is 0 Å². The van der Waals surface area contributed by atoms with E-state index in [4.69, 9.17) is 9.52 Å². The van der Waals surface area contributed by atoms with Crippen molar-refractivity contribution in [3.05, 3.63) is 45.8 Å². The molecular weight excluding hydrogens is 232 g/mol. The Bertz CT molecular complexity index is 640. The summed E-state index contributed by atoms with van der Waals surface area (Å²) < 4.78 is 5.53. The van der Waals surface area contributed by atoms with Gasteiger partial charge in [-0.05, 0) is 24.1 Å². The van der Waals surface area contributed by atoms with Gasteiger partial charge in [-0.2, -0.15) is 0 Å². The highest BCUT2D eigenvalue weighted by molar-refractivity contribution is 5.77. The Morgan fingerprint density at radius 2 is 2.11 bits per heavy atom. The van der Waals surface area contributed by atoms with E-state index in [0.717, 1.165) is 12.0 Å². The van der Waals surface area contributed by atoms with Crippen LogP contribution in [0.4, 0.5) is 0 Å². The highest BCUT2D eigenvalue weighted by Gasteiger charge is 2.07. The van der Waals surface area contributed by atoms with E-state index in [2.05, 4.69) is 0 Å². The van der Waals surface area contributed by atoms with Gasteiger partial charge in [-0.1, -0.05) is 13.0 Å². The SMILES string of the molecule is CCc1ccc2oc(CCC(=O)O)cc(=O)c2c1. The van der Waals surface area contributed by atoms with Crippen LogP contribution in [0.25, 0.3) is 11.0 Å². The maximum Gasteiger partial charge on any atom is 0.303 e. The van der Waals surface area contributed by atoms with Gasteiger partial charge >= 0.3 is 5.97 Å². The number of benzene rings is 1. The Labute approximate surface area is 104 Å². The predicted molar refractivity (Wildman–Crippen MR) is 67.8 cm³/mol. The van der Waals surface area contributed by atoms with Crippen LogP contribution in [0.15, 0.2) is 33.5 Å². The van der Waals surface area contributed by atoms with Gasteiger partial charge in [0.15, 0.2) is 5.43 Å². The fourth-order valence-electron chi connectivity index (χ4n) is 1.83. The molecule has 2 aromatic rings. The monoisotopic (exact) mass is 246 g/mol. The molecule has 1 N–H and O–H groups in total. The van der Waals surface area contributed by atoms with E-state index in [1.54, 1.807) is 6.07 Å². The Morgan fingerprint density at radius 3 is 2.78 bits per heavy atom. The zero-order valence-electron chi connectivity index (χ0n) is 10.1. The van der Waals surface area contributed by atoms with Crippen molar-refractivity contribution in [2.24, 2.45) is 0 Å². The zero-order valence-corrected chi connectivity index (χ0v) is 10.1. The topological polar surface area (TPSA) is 67.5 Å². The average molecular weight is 246 g/mol. The first-order valence-electron chi connectivity index (χ1n) is 5.87. The van der Waals surface area contributed by atoms with Gasteiger partial charge in [-0.15, -0.1) is 0 Å². The third-order valence-corrected chi connectivity index (χ3v) is 2.84. The zero-order chi connectivity index (χ0) is 13.1. The summed E-state index contributed by atoms with van der Waals surface area (Å²) in [6, 6.07) is 6.87. The Morgan fingerprint density at radius 1 is 1.33 bits per heavy atom.